The predicted octanol–water partition coefficient (Wildman–Crippen LogP) is 4.42. The Morgan fingerprint density at radius 2 is 1.79 bits per heavy atom. The molecule has 5 heteroatoms. The summed E-state index contributed by atoms with van der Waals surface area (Å²) in [4.78, 5) is 0. The topological polar surface area (TPSA) is 38.0 Å². The lowest BCUT2D eigenvalue weighted by atomic mass is 9.83. The summed E-state index contributed by atoms with van der Waals surface area (Å²) in [6.45, 7) is 2.07. The van der Waals surface area contributed by atoms with Crippen LogP contribution in [0.15, 0.2) is 18.2 Å². The fourth-order valence-corrected chi connectivity index (χ4v) is 2.69. The second kappa shape index (κ2) is 4.94. The number of anilines is 2. The smallest absolute Gasteiger partial charge is 0.398 e. The van der Waals surface area contributed by atoms with Gasteiger partial charge in [-0.05, 0) is 38.0 Å². The molecule has 3 N–H and O–H groups in total. The van der Waals surface area contributed by atoms with Crippen LogP contribution in [0, 0.1) is 0 Å². The van der Waals surface area contributed by atoms with Gasteiger partial charge in [-0.25, -0.2) is 0 Å². The molecule has 0 saturated heterocycles. The van der Waals surface area contributed by atoms with Gasteiger partial charge in [0.1, 0.15) is 0 Å². The predicted molar refractivity (Wildman–Crippen MR) is 71.0 cm³/mol. The van der Waals surface area contributed by atoms with Crippen LogP contribution in [-0.2, 0) is 6.18 Å². The van der Waals surface area contributed by atoms with Gasteiger partial charge in [-0.15, -0.1) is 0 Å². The summed E-state index contributed by atoms with van der Waals surface area (Å²) in [6.07, 6.45) is 0.995. The number of nitrogen functional groups attached to an aromatic ring is 1. The molecule has 1 saturated carbocycles. The maximum absolute atomic E-state index is 12.8. The van der Waals surface area contributed by atoms with Gasteiger partial charge < -0.3 is 11.1 Å². The third-order valence-corrected chi connectivity index (χ3v) is 3.76. The van der Waals surface area contributed by atoms with Gasteiger partial charge in [0.05, 0.1) is 5.56 Å². The SMILES string of the molecule is CC1(Nc2ccc(N)c(C(F)(F)F)c2)CCCCC1. The Balaban J connectivity index is 2.21. The molecule has 0 heterocycles. The second-order valence-electron chi connectivity index (χ2n) is 5.55. The molecule has 1 fully saturated rings. The fourth-order valence-electron chi connectivity index (χ4n) is 2.69. The van der Waals surface area contributed by atoms with Gasteiger partial charge in [-0.3, -0.25) is 0 Å². The van der Waals surface area contributed by atoms with Crippen molar-refractivity contribution < 1.29 is 13.2 Å². The Kier molecular flexibility index (Phi) is 3.65. The lowest BCUT2D eigenvalue weighted by molar-refractivity contribution is -0.136. The number of nitrogens with two attached hydrogens (primary N) is 1. The summed E-state index contributed by atoms with van der Waals surface area (Å²) in [5.41, 5.74) is 4.78. The normalized spacial score (nSPS) is 19.2. The van der Waals surface area contributed by atoms with Crippen LogP contribution in [0.25, 0.3) is 0 Å². The summed E-state index contributed by atoms with van der Waals surface area (Å²) in [5.74, 6) is 0. The average molecular weight is 272 g/mol. The zero-order valence-corrected chi connectivity index (χ0v) is 11.0. The van der Waals surface area contributed by atoms with Crippen molar-refractivity contribution in [3.63, 3.8) is 0 Å². The number of nitrogens with one attached hydrogen (secondary N) is 1. The molecule has 2 nitrogen and oxygen atoms in total. The number of benzene rings is 1. The van der Waals surface area contributed by atoms with Crippen molar-refractivity contribution in [2.75, 3.05) is 11.1 Å². The molecule has 0 aromatic heterocycles. The molecule has 0 amide bonds. The van der Waals surface area contributed by atoms with Crippen molar-refractivity contribution in [2.45, 2.75) is 50.7 Å². The minimum absolute atomic E-state index is 0.114. The summed E-state index contributed by atoms with van der Waals surface area (Å²) in [6, 6.07) is 4.04. The molecule has 0 aliphatic heterocycles. The minimum Gasteiger partial charge on any atom is -0.398 e. The lowest BCUT2D eigenvalue weighted by Gasteiger charge is -2.35. The minimum atomic E-state index is -4.41. The van der Waals surface area contributed by atoms with Crippen molar-refractivity contribution in [3.8, 4) is 0 Å². The van der Waals surface area contributed by atoms with E-state index in [2.05, 4.69) is 12.2 Å². The Morgan fingerprint density at radius 3 is 2.37 bits per heavy atom. The third kappa shape index (κ3) is 3.33. The van der Waals surface area contributed by atoms with Crippen LogP contribution in [0.3, 0.4) is 0 Å². The van der Waals surface area contributed by atoms with Crippen LogP contribution >= 0.6 is 0 Å². The van der Waals surface area contributed by atoms with Crippen molar-refractivity contribution in [2.24, 2.45) is 0 Å². The molecule has 1 aliphatic rings. The first kappa shape index (κ1) is 14.0. The van der Waals surface area contributed by atoms with E-state index in [1.54, 1.807) is 6.07 Å². The first-order valence-corrected chi connectivity index (χ1v) is 6.55. The van der Waals surface area contributed by atoms with Gasteiger partial charge >= 0.3 is 6.18 Å². The molecule has 0 radical (unpaired) electrons. The van der Waals surface area contributed by atoms with Crippen LogP contribution in [0.4, 0.5) is 24.5 Å². The maximum atomic E-state index is 12.8. The molecule has 0 unspecified atom stereocenters. The number of rotatable bonds is 2. The van der Waals surface area contributed by atoms with Crippen molar-refractivity contribution in [1.29, 1.82) is 0 Å². The van der Waals surface area contributed by atoms with E-state index < -0.39 is 11.7 Å². The molecule has 0 bridgehead atoms. The van der Waals surface area contributed by atoms with Crippen molar-refractivity contribution >= 4 is 11.4 Å². The second-order valence-corrected chi connectivity index (χ2v) is 5.55. The highest BCUT2D eigenvalue weighted by atomic mass is 19.4. The standard InChI is InChI=1S/C14H19F3N2/c1-13(7-3-2-4-8-13)19-10-5-6-12(18)11(9-10)14(15,16)17/h5-6,9,19H,2-4,7-8,18H2,1H3. The van der Waals surface area contributed by atoms with Crippen LogP contribution in [-0.4, -0.2) is 5.54 Å². The van der Waals surface area contributed by atoms with Gasteiger partial charge in [0.25, 0.3) is 0 Å². The zero-order valence-electron chi connectivity index (χ0n) is 11.0. The van der Waals surface area contributed by atoms with Gasteiger partial charge in [-0.1, -0.05) is 19.3 Å². The number of halogens is 3. The molecule has 1 aromatic carbocycles. The largest absolute Gasteiger partial charge is 0.418 e. The van der Waals surface area contributed by atoms with Crippen LogP contribution in [0.1, 0.15) is 44.6 Å². The van der Waals surface area contributed by atoms with E-state index in [0.29, 0.717) is 5.69 Å². The lowest BCUT2D eigenvalue weighted by Crippen LogP contribution is -2.36. The molecule has 19 heavy (non-hydrogen) atoms. The van der Waals surface area contributed by atoms with Gasteiger partial charge in [0.2, 0.25) is 0 Å². The monoisotopic (exact) mass is 272 g/mol. The molecule has 1 aliphatic carbocycles. The van der Waals surface area contributed by atoms with Gasteiger partial charge in [0, 0.05) is 16.9 Å². The first-order chi connectivity index (χ1) is 8.80. The van der Waals surface area contributed by atoms with Gasteiger partial charge in [0.15, 0.2) is 0 Å². The molecule has 106 valence electrons. The van der Waals surface area contributed by atoms with Crippen LogP contribution in [0.2, 0.25) is 0 Å². The van der Waals surface area contributed by atoms with E-state index in [1.165, 1.54) is 12.5 Å². The highest BCUT2D eigenvalue weighted by molar-refractivity contribution is 5.59. The molecule has 0 atom stereocenters. The fraction of sp³-hybridized carbons (Fsp3) is 0.571. The van der Waals surface area contributed by atoms with Gasteiger partial charge in [-0.2, -0.15) is 13.2 Å². The third-order valence-electron chi connectivity index (χ3n) is 3.76. The van der Waals surface area contributed by atoms with E-state index >= 15 is 0 Å². The maximum Gasteiger partial charge on any atom is 0.418 e. The number of alkyl halides is 3. The number of hydrogen-bond acceptors (Lipinski definition) is 2. The van der Waals surface area contributed by atoms with Crippen molar-refractivity contribution in [3.05, 3.63) is 23.8 Å². The van der Waals surface area contributed by atoms with E-state index in [9.17, 15) is 13.2 Å². The first-order valence-electron chi connectivity index (χ1n) is 6.55. The summed E-state index contributed by atoms with van der Waals surface area (Å²) < 4.78 is 38.4. The Hall–Kier alpha value is -1.39. The molecular weight excluding hydrogens is 253 g/mol. The van der Waals surface area contributed by atoms with E-state index in [1.807, 2.05) is 0 Å². The van der Waals surface area contributed by atoms with Crippen molar-refractivity contribution in [1.82, 2.24) is 0 Å². The molecule has 1 aromatic rings. The molecular formula is C14H19F3N2. The average Bonchev–Trinajstić information content (AvgIpc) is 2.31. The summed E-state index contributed by atoms with van der Waals surface area (Å²) >= 11 is 0. The molecule has 2 rings (SSSR count). The van der Waals surface area contributed by atoms with E-state index in [-0.39, 0.29) is 11.2 Å². The van der Waals surface area contributed by atoms with E-state index in [0.717, 1.165) is 31.7 Å². The van der Waals surface area contributed by atoms with E-state index in [4.69, 9.17) is 5.73 Å². The molecule has 0 spiro atoms. The van der Waals surface area contributed by atoms with Crippen LogP contribution < -0.4 is 11.1 Å². The highest BCUT2D eigenvalue weighted by Crippen LogP contribution is 2.37. The quantitative estimate of drug-likeness (QED) is 0.782. The Bertz CT molecular complexity index is 448. The summed E-state index contributed by atoms with van der Waals surface area (Å²) in [7, 11) is 0. The summed E-state index contributed by atoms with van der Waals surface area (Å²) in [5, 5.41) is 3.24. The van der Waals surface area contributed by atoms with Crippen LogP contribution in [0.5, 0.6) is 0 Å². The Labute approximate surface area is 111 Å². The zero-order chi connectivity index (χ0) is 14.1. The number of hydrogen-bond donors (Lipinski definition) is 2. The highest BCUT2D eigenvalue weighted by Gasteiger charge is 2.34. The Morgan fingerprint density at radius 1 is 1.16 bits per heavy atom.